The highest BCUT2D eigenvalue weighted by molar-refractivity contribution is 14.1. The van der Waals surface area contributed by atoms with Crippen molar-refractivity contribution in [3.05, 3.63) is 34.9 Å². The predicted octanol–water partition coefficient (Wildman–Crippen LogP) is 3.05. The molecular weight excluding hydrogens is 430 g/mol. The molecule has 0 aliphatic rings. The van der Waals surface area contributed by atoms with Crippen molar-refractivity contribution in [2.24, 2.45) is 0 Å². The standard InChI is InChI=1S/C9H7BrClIO3S/c1-16(14,15)9(10,12)8(13)6-3-2-4-7(11)5-6/h2-5H,1H3/t9-/m0/s1. The average Bonchev–Trinajstić information content (AvgIpc) is 2.14. The fraction of sp³-hybridized carbons (Fsp3) is 0.222. The third-order valence-electron chi connectivity index (χ3n) is 1.82. The SMILES string of the molecule is CS(=O)(=O)[C@@](Br)(I)C(=O)c1cccc(Cl)c1. The van der Waals surface area contributed by atoms with Gasteiger partial charge in [-0.25, -0.2) is 8.42 Å². The summed E-state index contributed by atoms with van der Waals surface area (Å²) in [5.74, 6) is -0.543. The summed E-state index contributed by atoms with van der Waals surface area (Å²) < 4.78 is 21.2. The van der Waals surface area contributed by atoms with Crippen LogP contribution in [-0.4, -0.2) is 22.1 Å². The number of hydrogen-bond acceptors (Lipinski definition) is 3. The zero-order chi connectivity index (χ0) is 12.6. The summed E-state index contributed by atoms with van der Waals surface area (Å²) in [6, 6.07) is 6.16. The monoisotopic (exact) mass is 436 g/mol. The lowest BCUT2D eigenvalue weighted by atomic mass is 10.1. The Balaban J connectivity index is 3.23. The van der Waals surface area contributed by atoms with Crippen LogP contribution in [0, 0.1) is 0 Å². The predicted molar refractivity (Wildman–Crippen MR) is 76.3 cm³/mol. The molecule has 0 unspecified atom stereocenters. The molecule has 0 spiro atoms. The number of halogens is 3. The first-order chi connectivity index (χ1) is 7.16. The number of sulfone groups is 1. The van der Waals surface area contributed by atoms with Crippen LogP contribution in [0.5, 0.6) is 0 Å². The van der Waals surface area contributed by atoms with Gasteiger partial charge in [-0.1, -0.05) is 23.7 Å². The summed E-state index contributed by atoms with van der Waals surface area (Å²) in [5.41, 5.74) is 0.254. The molecule has 0 fully saturated rings. The van der Waals surface area contributed by atoms with Gasteiger partial charge in [0.15, 0.2) is 9.84 Å². The summed E-state index contributed by atoms with van der Waals surface area (Å²) in [6.07, 6.45) is 0.997. The molecule has 88 valence electrons. The van der Waals surface area contributed by atoms with Crippen LogP contribution >= 0.6 is 50.1 Å². The molecule has 0 radical (unpaired) electrons. The second-order valence-corrected chi connectivity index (χ2v) is 11.3. The summed E-state index contributed by atoms with van der Waals surface area (Å²) >= 11 is 10.2. The minimum Gasteiger partial charge on any atom is -0.290 e. The van der Waals surface area contributed by atoms with Gasteiger partial charge in [0.2, 0.25) is 7.45 Å². The van der Waals surface area contributed by atoms with E-state index < -0.39 is 17.3 Å². The van der Waals surface area contributed by atoms with Crippen molar-refractivity contribution in [3.8, 4) is 0 Å². The third-order valence-corrected chi connectivity index (χ3v) is 8.18. The van der Waals surface area contributed by atoms with Gasteiger partial charge in [0.05, 0.1) is 0 Å². The van der Waals surface area contributed by atoms with E-state index in [0.717, 1.165) is 6.26 Å². The number of Topliss-reactive ketones (excluding diaryl/α,β-unsaturated/α-hetero) is 1. The normalized spacial score (nSPS) is 15.5. The lowest BCUT2D eigenvalue weighted by Crippen LogP contribution is -2.33. The van der Waals surface area contributed by atoms with E-state index in [9.17, 15) is 13.2 Å². The molecule has 0 aliphatic heterocycles. The Morgan fingerprint density at radius 2 is 2.06 bits per heavy atom. The minimum atomic E-state index is -3.55. The van der Waals surface area contributed by atoms with E-state index in [1.165, 1.54) is 12.1 Å². The molecule has 0 heterocycles. The van der Waals surface area contributed by atoms with Crippen LogP contribution in [0.25, 0.3) is 0 Å². The summed E-state index contributed by atoms with van der Waals surface area (Å²) in [6.45, 7) is 0. The van der Waals surface area contributed by atoms with E-state index in [0.29, 0.717) is 5.02 Å². The van der Waals surface area contributed by atoms with E-state index in [1.807, 2.05) is 0 Å². The van der Waals surface area contributed by atoms with Crippen molar-refractivity contribution in [2.75, 3.05) is 6.26 Å². The zero-order valence-corrected chi connectivity index (χ0v) is 13.4. The Morgan fingerprint density at radius 1 is 1.50 bits per heavy atom. The molecular formula is C9H7BrClIO3S. The lowest BCUT2D eigenvalue weighted by Gasteiger charge is -2.16. The van der Waals surface area contributed by atoms with Gasteiger partial charge in [0.1, 0.15) is 0 Å². The van der Waals surface area contributed by atoms with Gasteiger partial charge < -0.3 is 0 Å². The van der Waals surface area contributed by atoms with Gasteiger partial charge in [0.25, 0.3) is 0 Å². The molecule has 16 heavy (non-hydrogen) atoms. The summed E-state index contributed by atoms with van der Waals surface area (Å²) in [5, 5.41) is 0.388. The molecule has 0 N–H and O–H groups in total. The molecule has 3 nitrogen and oxygen atoms in total. The highest BCUT2D eigenvalue weighted by Gasteiger charge is 2.43. The van der Waals surface area contributed by atoms with Crippen molar-refractivity contribution >= 4 is 65.7 Å². The number of rotatable bonds is 3. The number of alkyl halides is 2. The van der Waals surface area contributed by atoms with Crippen LogP contribution in [0.15, 0.2) is 24.3 Å². The molecule has 0 saturated carbocycles. The largest absolute Gasteiger partial charge is 0.290 e. The molecule has 1 atom stereocenters. The fourth-order valence-electron chi connectivity index (χ4n) is 0.966. The van der Waals surface area contributed by atoms with Crippen molar-refractivity contribution in [1.29, 1.82) is 0 Å². The van der Waals surface area contributed by atoms with Crippen molar-refractivity contribution < 1.29 is 13.2 Å². The third kappa shape index (κ3) is 2.96. The lowest BCUT2D eigenvalue weighted by molar-refractivity contribution is 0.101. The van der Waals surface area contributed by atoms with Crippen LogP contribution in [0.2, 0.25) is 5.02 Å². The molecule has 0 saturated heterocycles. The zero-order valence-electron chi connectivity index (χ0n) is 8.08. The van der Waals surface area contributed by atoms with Gasteiger partial charge >= 0.3 is 0 Å². The maximum atomic E-state index is 12.0. The first-order valence-electron chi connectivity index (χ1n) is 4.04. The second kappa shape index (κ2) is 4.91. The fourth-order valence-corrected chi connectivity index (χ4v) is 2.15. The Bertz CT molecular complexity index is 527. The average molecular weight is 437 g/mol. The number of hydrogen-bond donors (Lipinski definition) is 0. The van der Waals surface area contributed by atoms with E-state index in [-0.39, 0.29) is 5.56 Å². The molecule has 0 aliphatic carbocycles. The topological polar surface area (TPSA) is 51.2 Å². The van der Waals surface area contributed by atoms with Gasteiger partial charge in [-0.2, -0.15) is 0 Å². The van der Waals surface area contributed by atoms with Crippen LogP contribution in [0.1, 0.15) is 10.4 Å². The van der Waals surface area contributed by atoms with Crippen molar-refractivity contribution in [2.45, 2.75) is 1.66 Å². The summed E-state index contributed by atoms with van der Waals surface area (Å²) in [4.78, 5) is 12.0. The smallest absolute Gasteiger partial charge is 0.238 e. The second-order valence-electron chi connectivity index (χ2n) is 3.13. The molecule has 0 bridgehead atoms. The van der Waals surface area contributed by atoms with Gasteiger partial charge in [0, 0.05) is 16.8 Å². The Morgan fingerprint density at radius 3 is 2.50 bits per heavy atom. The van der Waals surface area contributed by atoms with E-state index in [1.54, 1.807) is 34.7 Å². The maximum Gasteiger partial charge on any atom is 0.238 e. The van der Waals surface area contributed by atoms with Crippen molar-refractivity contribution in [1.82, 2.24) is 0 Å². The molecule has 1 aromatic carbocycles. The van der Waals surface area contributed by atoms with Crippen molar-refractivity contribution in [3.63, 3.8) is 0 Å². The van der Waals surface area contributed by atoms with E-state index >= 15 is 0 Å². The summed E-state index contributed by atoms with van der Waals surface area (Å²) in [7, 11) is -3.55. The molecule has 0 aromatic heterocycles. The van der Waals surface area contributed by atoms with E-state index in [4.69, 9.17) is 11.6 Å². The molecule has 0 amide bonds. The Labute approximate surface area is 121 Å². The van der Waals surface area contributed by atoms with Gasteiger partial charge in [-0.15, -0.1) is 0 Å². The highest BCUT2D eigenvalue weighted by atomic mass is 127. The maximum absolute atomic E-state index is 12.0. The number of benzene rings is 1. The van der Waals surface area contributed by atoms with Crippen LogP contribution in [0.4, 0.5) is 0 Å². The highest BCUT2D eigenvalue weighted by Crippen LogP contribution is 2.36. The number of carbonyl (C=O) groups excluding carboxylic acids is 1. The molecule has 7 heteroatoms. The van der Waals surface area contributed by atoms with Crippen LogP contribution in [-0.2, 0) is 9.84 Å². The minimum absolute atomic E-state index is 0.254. The molecule has 1 aromatic rings. The number of ketones is 1. The first kappa shape index (κ1) is 14.4. The van der Waals surface area contributed by atoms with Gasteiger partial charge in [-0.3, -0.25) is 4.79 Å². The molecule has 1 rings (SSSR count). The van der Waals surface area contributed by atoms with Crippen LogP contribution < -0.4 is 0 Å². The van der Waals surface area contributed by atoms with Crippen LogP contribution in [0.3, 0.4) is 0 Å². The Hall–Kier alpha value is 0.340. The Kier molecular flexibility index (Phi) is 4.42. The van der Waals surface area contributed by atoms with E-state index in [2.05, 4.69) is 15.9 Å². The quantitative estimate of drug-likeness (QED) is 0.415. The first-order valence-corrected chi connectivity index (χ1v) is 8.18. The number of carbonyl (C=O) groups is 1. The van der Waals surface area contributed by atoms with Gasteiger partial charge in [-0.05, 0) is 50.7 Å².